The quantitative estimate of drug-likeness (QED) is 0.754. The van der Waals surface area contributed by atoms with Crippen molar-refractivity contribution in [2.75, 3.05) is 12.4 Å². The third-order valence-electron chi connectivity index (χ3n) is 1.90. The van der Waals surface area contributed by atoms with E-state index in [2.05, 4.69) is 10.1 Å². The number of nitrogens with zero attached hydrogens (tertiary/aromatic N) is 2. The second-order valence-corrected chi connectivity index (χ2v) is 4.59. The molecule has 86 valence electrons. The van der Waals surface area contributed by atoms with E-state index >= 15 is 0 Å². The zero-order valence-corrected chi connectivity index (χ0v) is 9.70. The molecule has 0 radical (unpaired) electrons. The molecule has 0 aliphatic heterocycles. The van der Waals surface area contributed by atoms with Crippen LogP contribution in [0.3, 0.4) is 0 Å². The average molecular weight is 232 g/mol. The molecule has 5 nitrogen and oxygen atoms in total. The maximum absolute atomic E-state index is 9.17. The van der Waals surface area contributed by atoms with Crippen molar-refractivity contribution >= 4 is 11.8 Å². The number of aliphatic hydroxyl groups is 2. The van der Waals surface area contributed by atoms with Gasteiger partial charge in [-0.25, -0.2) is 0 Å². The van der Waals surface area contributed by atoms with Crippen LogP contribution in [-0.2, 0) is 6.42 Å². The topological polar surface area (TPSA) is 79.4 Å². The van der Waals surface area contributed by atoms with Crippen molar-refractivity contribution in [1.29, 1.82) is 0 Å². The summed E-state index contributed by atoms with van der Waals surface area (Å²) in [7, 11) is 0. The van der Waals surface area contributed by atoms with Crippen molar-refractivity contribution in [3.8, 4) is 0 Å². The van der Waals surface area contributed by atoms with E-state index in [0.717, 1.165) is 6.42 Å². The Morgan fingerprint density at radius 1 is 1.53 bits per heavy atom. The SMILES string of the molecule is CCc1noc([C@H](C)SC[C@@H](O)CO)n1. The molecule has 0 aromatic carbocycles. The molecule has 6 heteroatoms. The zero-order chi connectivity index (χ0) is 11.3. The normalized spacial score (nSPS) is 15.2. The Morgan fingerprint density at radius 3 is 2.80 bits per heavy atom. The molecule has 0 unspecified atom stereocenters. The summed E-state index contributed by atoms with van der Waals surface area (Å²) in [4.78, 5) is 4.19. The van der Waals surface area contributed by atoms with Gasteiger partial charge in [-0.3, -0.25) is 0 Å². The van der Waals surface area contributed by atoms with Crippen LogP contribution in [0.5, 0.6) is 0 Å². The molecule has 0 fully saturated rings. The maximum atomic E-state index is 9.17. The Balaban J connectivity index is 2.42. The van der Waals surface area contributed by atoms with Gasteiger partial charge in [-0.2, -0.15) is 4.98 Å². The molecule has 1 aromatic heterocycles. The molecule has 15 heavy (non-hydrogen) atoms. The predicted octanol–water partition coefficient (Wildman–Crippen LogP) is 0.779. The van der Waals surface area contributed by atoms with Crippen LogP contribution >= 0.6 is 11.8 Å². The largest absolute Gasteiger partial charge is 0.394 e. The van der Waals surface area contributed by atoms with Crippen molar-refractivity contribution < 1.29 is 14.7 Å². The summed E-state index contributed by atoms with van der Waals surface area (Å²) in [5, 5.41) is 21.6. The van der Waals surface area contributed by atoms with Crippen LogP contribution in [0.1, 0.15) is 30.8 Å². The van der Waals surface area contributed by atoms with Gasteiger partial charge in [0, 0.05) is 12.2 Å². The first-order valence-electron chi connectivity index (χ1n) is 4.90. The summed E-state index contributed by atoms with van der Waals surface area (Å²) in [6.07, 6.45) is 0.0613. The molecule has 0 aliphatic rings. The number of hydrogen-bond donors (Lipinski definition) is 2. The van der Waals surface area contributed by atoms with E-state index in [0.29, 0.717) is 17.5 Å². The summed E-state index contributed by atoms with van der Waals surface area (Å²) < 4.78 is 5.06. The molecular weight excluding hydrogens is 216 g/mol. The Hall–Kier alpha value is -0.590. The van der Waals surface area contributed by atoms with Gasteiger partial charge in [0.05, 0.1) is 18.0 Å². The van der Waals surface area contributed by atoms with Crippen molar-refractivity contribution in [2.24, 2.45) is 0 Å². The zero-order valence-electron chi connectivity index (χ0n) is 8.88. The van der Waals surface area contributed by atoms with E-state index in [9.17, 15) is 0 Å². The highest BCUT2D eigenvalue weighted by Gasteiger charge is 2.15. The van der Waals surface area contributed by atoms with Gasteiger partial charge in [0.15, 0.2) is 5.82 Å². The van der Waals surface area contributed by atoms with Gasteiger partial charge >= 0.3 is 0 Å². The molecule has 2 N–H and O–H groups in total. The van der Waals surface area contributed by atoms with Crippen LogP contribution in [0.15, 0.2) is 4.52 Å². The molecule has 0 saturated heterocycles. The minimum absolute atomic E-state index is 0.0407. The van der Waals surface area contributed by atoms with E-state index in [-0.39, 0.29) is 11.9 Å². The second kappa shape index (κ2) is 6.09. The molecule has 0 saturated carbocycles. The fraction of sp³-hybridized carbons (Fsp3) is 0.778. The minimum Gasteiger partial charge on any atom is -0.394 e. The van der Waals surface area contributed by atoms with Gasteiger partial charge < -0.3 is 14.7 Å². The summed E-state index contributed by atoms with van der Waals surface area (Å²) in [5.74, 6) is 1.73. The van der Waals surface area contributed by atoms with Crippen molar-refractivity contribution in [1.82, 2.24) is 10.1 Å². The smallest absolute Gasteiger partial charge is 0.239 e. The minimum atomic E-state index is -0.689. The lowest BCUT2D eigenvalue weighted by molar-refractivity contribution is 0.113. The van der Waals surface area contributed by atoms with Crippen LogP contribution in [0.25, 0.3) is 0 Å². The Bertz CT molecular complexity index is 293. The van der Waals surface area contributed by atoms with Crippen LogP contribution < -0.4 is 0 Å². The van der Waals surface area contributed by atoms with Crippen LogP contribution in [-0.4, -0.2) is 38.8 Å². The van der Waals surface area contributed by atoms with Crippen LogP contribution in [0, 0.1) is 0 Å². The summed E-state index contributed by atoms with van der Waals surface area (Å²) in [6, 6.07) is 0. The number of aromatic nitrogens is 2. The lowest BCUT2D eigenvalue weighted by atomic mass is 10.4. The standard InChI is InChI=1S/C9H16N2O3S/c1-3-8-10-9(14-11-8)6(2)15-5-7(13)4-12/h6-7,12-13H,3-5H2,1-2H3/t6-,7-/m0/s1. The second-order valence-electron chi connectivity index (χ2n) is 3.21. The van der Waals surface area contributed by atoms with E-state index in [1.807, 2.05) is 13.8 Å². The fourth-order valence-corrected chi connectivity index (χ4v) is 1.81. The highest BCUT2D eigenvalue weighted by molar-refractivity contribution is 7.99. The van der Waals surface area contributed by atoms with Crippen LogP contribution in [0.4, 0.5) is 0 Å². The monoisotopic (exact) mass is 232 g/mol. The fourth-order valence-electron chi connectivity index (χ4n) is 0.956. The van der Waals surface area contributed by atoms with Gasteiger partial charge in [0.25, 0.3) is 0 Å². The predicted molar refractivity (Wildman–Crippen MR) is 57.6 cm³/mol. The van der Waals surface area contributed by atoms with E-state index < -0.39 is 6.10 Å². The lowest BCUT2D eigenvalue weighted by Crippen LogP contribution is -2.15. The highest BCUT2D eigenvalue weighted by atomic mass is 32.2. The number of rotatable bonds is 6. The Kier molecular flexibility index (Phi) is 5.07. The first kappa shape index (κ1) is 12.5. The van der Waals surface area contributed by atoms with Gasteiger partial charge in [-0.05, 0) is 6.92 Å². The van der Waals surface area contributed by atoms with Gasteiger partial charge in [0.2, 0.25) is 5.89 Å². The summed E-state index contributed by atoms with van der Waals surface area (Å²) in [6.45, 7) is 3.67. The number of aryl methyl sites for hydroxylation is 1. The molecule has 1 heterocycles. The number of hydrogen-bond acceptors (Lipinski definition) is 6. The van der Waals surface area contributed by atoms with E-state index in [1.165, 1.54) is 11.8 Å². The van der Waals surface area contributed by atoms with Gasteiger partial charge in [0.1, 0.15) is 0 Å². The highest BCUT2D eigenvalue weighted by Crippen LogP contribution is 2.27. The molecule has 2 atom stereocenters. The third-order valence-corrected chi connectivity index (χ3v) is 3.18. The van der Waals surface area contributed by atoms with Crippen LogP contribution in [0.2, 0.25) is 0 Å². The Labute approximate surface area is 92.9 Å². The molecule has 1 aromatic rings. The molecule has 0 spiro atoms. The summed E-state index contributed by atoms with van der Waals surface area (Å²) in [5.41, 5.74) is 0. The van der Waals surface area contributed by atoms with Crippen molar-refractivity contribution in [2.45, 2.75) is 31.6 Å². The first-order chi connectivity index (χ1) is 7.17. The third kappa shape index (κ3) is 3.81. The van der Waals surface area contributed by atoms with Gasteiger partial charge in [-0.15, -0.1) is 11.8 Å². The van der Waals surface area contributed by atoms with E-state index in [4.69, 9.17) is 14.7 Å². The van der Waals surface area contributed by atoms with E-state index in [1.54, 1.807) is 0 Å². The summed E-state index contributed by atoms with van der Waals surface area (Å²) >= 11 is 1.48. The average Bonchev–Trinajstić information content (AvgIpc) is 2.73. The van der Waals surface area contributed by atoms with Crippen molar-refractivity contribution in [3.05, 3.63) is 11.7 Å². The lowest BCUT2D eigenvalue weighted by Gasteiger charge is -2.09. The molecule has 1 rings (SSSR count). The maximum Gasteiger partial charge on any atom is 0.239 e. The number of thioether (sulfide) groups is 1. The molecule has 0 amide bonds. The molecular formula is C9H16N2O3S. The number of aliphatic hydroxyl groups excluding tert-OH is 2. The first-order valence-corrected chi connectivity index (χ1v) is 5.95. The van der Waals surface area contributed by atoms with Gasteiger partial charge in [-0.1, -0.05) is 12.1 Å². The molecule has 0 aliphatic carbocycles. The molecule has 0 bridgehead atoms. The van der Waals surface area contributed by atoms with Crippen molar-refractivity contribution in [3.63, 3.8) is 0 Å². The Morgan fingerprint density at radius 2 is 2.27 bits per heavy atom.